The lowest BCUT2D eigenvalue weighted by Gasteiger charge is -2.26. The normalized spacial score (nSPS) is 20.0. The molecular formula is C17H22ClN3O4. The minimum atomic E-state index is -0.994. The molecule has 0 unspecified atom stereocenters. The van der Waals surface area contributed by atoms with E-state index in [9.17, 15) is 14.4 Å². The minimum Gasteiger partial charge on any atom is -0.461 e. The van der Waals surface area contributed by atoms with Crippen molar-refractivity contribution in [3.63, 3.8) is 0 Å². The molecule has 1 aliphatic heterocycles. The molecule has 1 aromatic carbocycles. The number of hydrogen-bond acceptors (Lipinski definition) is 5. The van der Waals surface area contributed by atoms with Crippen LogP contribution in [0.5, 0.6) is 0 Å². The average Bonchev–Trinajstić information content (AvgIpc) is 2.92. The molecule has 1 aliphatic rings. The number of ether oxygens (including phenoxy) is 1. The summed E-state index contributed by atoms with van der Waals surface area (Å²) in [5.74, 6) is -1.01. The van der Waals surface area contributed by atoms with Crippen LogP contribution in [0.15, 0.2) is 30.3 Å². The Kier molecular flexibility index (Phi) is 6.39. The largest absolute Gasteiger partial charge is 0.461 e. The lowest BCUT2D eigenvalue weighted by atomic mass is 10.0. The zero-order valence-corrected chi connectivity index (χ0v) is 14.9. The molecule has 25 heavy (non-hydrogen) atoms. The monoisotopic (exact) mass is 367 g/mol. The average molecular weight is 368 g/mol. The third-order valence-corrected chi connectivity index (χ3v) is 4.46. The highest BCUT2D eigenvalue weighted by Gasteiger charge is 2.38. The number of rotatable bonds is 7. The first-order valence-corrected chi connectivity index (χ1v) is 8.37. The second-order valence-corrected chi connectivity index (χ2v) is 6.72. The van der Waals surface area contributed by atoms with Crippen molar-refractivity contribution in [2.45, 2.75) is 50.9 Å². The van der Waals surface area contributed by atoms with E-state index in [1.54, 1.807) is 13.8 Å². The van der Waals surface area contributed by atoms with Crippen molar-refractivity contribution in [2.24, 2.45) is 0 Å². The fourth-order valence-electron chi connectivity index (χ4n) is 2.42. The zero-order chi connectivity index (χ0) is 18.4. The molecule has 2 rings (SSSR count). The second kappa shape index (κ2) is 8.31. The molecule has 2 atom stereocenters. The van der Waals surface area contributed by atoms with E-state index in [1.807, 2.05) is 30.3 Å². The summed E-state index contributed by atoms with van der Waals surface area (Å²) in [5, 5.41) is 5.45. The Bertz CT molecular complexity index is 636. The number of nitrogens with one attached hydrogen (secondary N) is 3. The van der Waals surface area contributed by atoms with Gasteiger partial charge in [-0.25, -0.2) is 4.84 Å². The van der Waals surface area contributed by atoms with Crippen molar-refractivity contribution in [1.29, 1.82) is 0 Å². The van der Waals surface area contributed by atoms with Gasteiger partial charge in [-0.2, -0.15) is 0 Å². The molecule has 0 bridgehead atoms. The topological polar surface area (TPSA) is 96.5 Å². The number of benzene rings is 1. The maximum absolute atomic E-state index is 12.2. The van der Waals surface area contributed by atoms with E-state index in [1.165, 1.54) is 0 Å². The SMILES string of the molecule is CC(C)(NCl)C(=O)N[C@H]1CC(=O)N[C@@H]1CC(=O)OCc1ccccc1. The van der Waals surface area contributed by atoms with Crippen LogP contribution in [0.3, 0.4) is 0 Å². The summed E-state index contributed by atoms with van der Waals surface area (Å²) in [5.41, 5.74) is -0.114. The van der Waals surface area contributed by atoms with Crippen LogP contribution in [0.1, 0.15) is 32.3 Å². The summed E-state index contributed by atoms with van der Waals surface area (Å²) in [7, 11) is 0. The number of hydrogen-bond donors (Lipinski definition) is 3. The molecule has 0 saturated carbocycles. The van der Waals surface area contributed by atoms with Crippen molar-refractivity contribution in [2.75, 3.05) is 0 Å². The smallest absolute Gasteiger partial charge is 0.308 e. The van der Waals surface area contributed by atoms with E-state index < -0.39 is 23.6 Å². The highest BCUT2D eigenvalue weighted by atomic mass is 35.5. The van der Waals surface area contributed by atoms with Crippen molar-refractivity contribution in [3.05, 3.63) is 35.9 Å². The lowest BCUT2D eigenvalue weighted by molar-refractivity contribution is -0.145. The fourth-order valence-corrected chi connectivity index (χ4v) is 2.51. The first-order valence-electron chi connectivity index (χ1n) is 7.99. The molecule has 0 radical (unpaired) electrons. The van der Waals surface area contributed by atoms with Gasteiger partial charge in [0.05, 0.1) is 18.5 Å². The summed E-state index contributed by atoms with van der Waals surface area (Å²) in [6.07, 6.45) is 0.0962. The highest BCUT2D eigenvalue weighted by Crippen LogP contribution is 2.15. The molecule has 7 nitrogen and oxygen atoms in total. The quantitative estimate of drug-likeness (QED) is 0.494. The first kappa shape index (κ1) is 19.2. The number of carbonyl (C=O) groups is 3. The Labute approximate surface area is 151 Å². The van der Waals surface area contributed by atoms with Crippen LogP contribution in [0, 0.1) is 0 Å². The molecule has 1 saturated heterocycles. The van der Waals surface area contributed by atoms with Crippen LogP contribution in [0.4, 0.5) is 0 Å². The lowest BCUT2D eigenvalue weighted by Crippen LogP contribution is -2.54. The highest BCUT2D eigenvalue weighted by molar-refractivity contribution is 6.15. The van der Waals surface area contributed by atoms with Crippen molar-refractivity contribution in [3.8, 4) is 0 Å². The summed E-state index contributed by atoms with van der Waals surface area (Å²) in [4.78, 5) is 38.3. The Morgan fingerprint density at radius 3 is 2.64 bits per heavy atom. The number of amides is 2. The Morgan fingerprint density at radius 1 is 1.32 bits per heavy atom. The predicted molar refractivity (Wildman–Crippen MR) is 92.4 cm³/mol. The third kappa shape index (κ3) is 5.44. The van der Waals surface area contributed by atoms with Crippen molar-refractivity contribution >= 4 is 29.6 Å². The summed E-state index contributed by atoms with van der Waals surface area (Å²) < 4.78 is 5.23. The van der Waals surface area contributed by atoms with Gasteiger partial charge in [0.25, 0.3) is 0 Å². The van der Waals surface area contributed by atoms with Gasteiger partial charge in [-0.15, -0.1) is 0 Å². The zero-order valence-electron chi connectivity index (χ0n) is 14.2. The van der Waals surface area contributed by atoms with Gasteiger partial charge in [0.2, 0.25) is 11.8 Å². The number of carbonyl (C=O) groups excluding carboxylic acids is 3. The molecule has 0 aromatic heterocycles. The Morgan fingerprint density at radius 2 is 2.00 bits per heavy atom. The maximum atomic E-state index is 12.2. The molecule has 0 aliphatic carbocycles. The van der Waals surface area contributed by atoms with E-state index in [0.717, 1.165) is 5.56 Å². The van der Waals surface area contributed by atoms with Gasteiger partial charge < -0.3 is 15.4 Å². The van der Waals surface area contributed by atoms with Crippen LogP contribution in [0.2, 0.25) is 0 Å². The Balaban J connectivity index is 1.89. The summed E-state index contributed by atoms with van der Waals surface area (Å²) in [6, 6.07) is 8.31. The van der Waals surface area contributed by atoms with Gasteiger partial charge in [0.1, 0.15) is 12.1 Å². The minimum absolute atomic E-state index is 0.0156. The van der Waals surface area contributed by atoms with Gasteiger partial charge in [-0.1, -0.05) is 30.3 Å². The maximum Gasteiger partial charge on any atom is 0.308 e. The molecule has 0 spiro atoms. The molecule has 8 heteroatoms. The van der Waals surface area contributed by atoms with E-state index >= 15 is 0 Å². The van der Waals surface area contributed by atoms with E-state index in [4.69, 9.17) is 16.5 Å². The van der Waals surface area contributed by atoms with Crippen LogP contribution >= 0.6 is 11.8 Å². The predicted octanol–water partition coefficient (Wildman–Crippen LogP) is 1.02. The van der Waals surface area contributed by atoms with Gasteiger partial charge in [-0.05, 0) is 31.2 Å². The number of esters is 1. The molecule has 2 amide bonds. The van der Waals surface area contributed by atoms with E-state index in [0.29, 0.717) is 0 Å². The standard InChI is InChI=1S/C17H22ClN3O4/c1-17(2,21-18)16(24)20-12-8-14(22)19-13(12)9-15(23)25-10-11-6-4-3-5-7-11/h3-7,12-13,21H,8-10H2,1-2H3,(H,19,22)(H,20,24)/t12-,13+/m0/s1. The van der Waals surface area contributed by atoms with Gasteiger partial charge in [0, 0.05) is 6.42 Å². The summed E-state index contributed by atoms with van der Waals surface area (Å²) >= 11 is 5.55. The molecular weight excluding hydrogens is 346 g/mol. The number of halogens is 1. The fraction of sp³-hybridized carbons (Fsp3) is 0.471. The van der Waals surface area contributed by atoms with Crippen molar-refractivity contribution < 1.29 is 19.1 Å². The van der Waals surface area contributed by atoms with E-state index in [-0.39, 0.29) is 31.3 Å². The van der Waals surface area contributed by atoms with Gasteiger partial charge in [-0.3, -0.25) is 14.4 Å². The molecule has 136 valence electrons. The van der Waals surface area contributed by atoms with Crippen LogP contribution in [-0.4, -0.2) is 35.4 Å². The van der Waals surface area contributed by atoms with Crippen LogP contribution in [-0.2, 0) is 25.7 Å². The molecule has 1 aromatic rings. The molecule has 1 heterocycles. The second-order valence-electron chi connectivity index (χ2n) is 6.53. The van der Waals surface area contributed by atoms with Crippen LogP contribution in [0.25, 0.3) is 0 Å². The Hall–Kier alpha value is -2.12. The first-order chi connectivity index (χ1) is 11.8. The van der Waals surface area contributed by atoms with Crippen LogP contribution < -0.4 is 15.5 Å². The third-order valence-electron chi connectivity index (χ3n) is 3.99. The van der Waals surface area contributed by atoms with E-state index in [2.05, 4.69) is 15.5 Å². The summed E-state index contributed by atoms with van der Waals surface area (Å²) in [6.45, 7) is 3.39. The molecule has 1 fully saturated rings. The van der Waals surface area contributed by atoms with Gasteiger partial charge in [0.15, 0.2) is 0 Å². The van der Waals surface area contributed by atoms with Gasteiger partial charge >= 0.3 is 5.97 Å². The molecule has 3 N–H and O–H groups in total. The van der Waals surface area contributed by atoms with Crippen molar-refractivity contribution in [1.82, 2.24) is 15.5 Å².